The molecule has 1 amide bonds. The van der Waals surface area contributed by atoms with Crippen molar-refractivity contribution in [1.82, 2.24) is 5.32 Å². The van der Waals surface area contributed by atoms with Crippen LogP contribution in [0.15, 0.2) is 28.1 Å². The van der Waals surface area contributed by atoms with E-state index in [0.717, 1.165) is 14.2 Å². The van der Waals surface area contributed by atoms with Gasteiger partial charge in [-0.2, -0.15) is 0 Å². The van der Waals surface area contributed by atoms with Crippen molar-refractivity contribution in [3.8, 4) is 11.8 Å². The Kier molecular flexibility index (Phi) is 5.80. The van der Waals surface area contributed by atoms with Crippen molar-refractivity contribution in [2.24, 2.45) is 0 Å². The Labute approximate surface area is 133 Å². The summed E-state index contributed by atoms with van der Waals surface area (Å²) in [6.07, 6.45) is 0.450. The number of rotatable bonds is 4. The van der Waals surface area contributed by atoms with Gasteiger partial charge in [-0.15, -0.1) is 22.7 Å². The van der Waals surface area contributed by atoms with Gasteiger partial charge < -0.3 is 10.4 Å². The molecule has 2 rings (SSSR count). The molecule has 0 aliphatic heterocycles. The van der Waals surface area contributed by atoms with Crippen LogP contribution in [0.25, 0.3) is 0 Å². The van der Waals surface area contributed by atoms with Crippen LogP contribution in [-0.2, 0) is 6.54 Å². The summed E-state index contributed by atoms with van der Waals surface area (Å²) in [4.78, 5) is 14.6. The topological polar surface area (TPSA) is 49.3 Å². The molecule has 2 aromatic heterocycles. The Morgan fingerprint density at radius 1 is 1.40 bits per heavy atom. The summed E-state index contributed by atoms with van der Waals surface area (Å²) in [7, 11) is 0. The van der Waals surface area contributed by atoms with E-state index in [1.54, 1.807) is 17.4 Å². The minimum atomic E-state index is -0.0921. The molecule has 104 valence electrons. The highest BCUT2D eigenvalue weighted by atomic mass is 79.9. The summed E-state index contributed by atoms with van der Waals surface area (Å²) in [5.74, 6) is 5.67. The molecule has 6 heteroatoms. The largest absolute Gasteiger partial charge is 0.395 e. The maximum Gasteiger partial charge on any atom is 0.261 e. The lowest BCUT2D eigenvalue weighted by Crippen LogP contribution is -2.21. The summed E-state index contributed by atoms with van der Waals surface area (Å²) in [6, 6.07) is 5.56. The third-order valence-corrected chi connectivity index (χ3v) is 5.30. The minimum Gasteiger partial charge on any atom is -0.395 e. The van der Waals surface area contributed by atoms with E-state index in [2.05, 4.69) is 33.1 Å². The Morgan fingerprint density at radius 3 is 2.95 bits per heavy atom. The predicted octanol–water partition coefficient (Wildman–Crippen LogP) is 3.24. The molecule has 0 unspecified atom stereocenters. The number of thiophene rings is 2. The molecule has 0 fully saturated rings. The number of hydrogen-bond donors (Lipinski definition) is 2. The Bertz CT molecular complexity index is 651. The lowest BCUT2D eigenvalue weighted by atomic mass is 10.3. The van der Waals surface area contributed by atoms with Crippen LogP contribution < -0.4 is 5.32 Å². The number of amides is 1. The van der Waals surface area contributed by atoms with Crippen LogP contribution in [0, 0.1) is 11.8 Å². The number of halogens is 1. The van der Waals surface area contributed by atoms with E-state index in [0.29, 0.717) is 17.8 Å². The summed E-state index contributed by atoms with van der Waals surface area (Å²) in [6.45, 7) is 0.571. The van der Waals surface area contributed by atoms with E-state index in [1.165, 1.54) is 11.3 Å². The van der Waals surface area contributed by atoms with Crippen molar-refractivity contribution >= 4 is 44.5 Å². The van der Waals surface area contributed by atoms with Gasteiger partial charge in [0.15, 0.2) is 0 Å². The maximum absolute atomic E-state index is 12.0. The van der Waals surface area contributed by atoms with Crippen molar-refractivity contribution in [3.05, 3.63) is 42.7 Å². The van der Waals surface area contributed by atoms with Crippen LogP contribution in [-0.4, -0.2) is 17.6 Å². The van der Waals surface area contributed by atoms with Crippen LogP contribution in [0.5, 0.6) is 0 Å². The van der Waals surface area contributed by atoms with Gasteiger partial charge >= 0.3 is 0 Å². The highest BCUT2D eigenvalue weighted by molar-refractivity contribution is 9.10. The average Bonchev–Trinajstić information content (AvgIpc) is 3.06. The smallest absolute Gasteiger partial charge is 0.261 e. The molecule has 0 bridgehead atoms. The van der Waals surface area contributed by atoms with Crippen molar-refractivity contribution in [2.45, 2.75) is 13.0 Å². The van der Waals surface area contributed by atoms with E-state index in [4.69, 9.17) is 5.11 Å². The SMILES string of the molecule is O=C(NCc1sccc1Br)c1ccc(C#CCCO)s1. The van der Waals surface area contributed by atoms with Gasteiger partial charge in [0.1, 0.15) is 0 Å². The molecule has 2 N–H and O–H groups in total. The maximum atomic E-state index is 12.0. The first kappa shape index (κ1) is 15.3. The monoisotopic (exact) mass is 369 g/mol. The van der Waals surface area contributed by atoms with Gasteiger partial charge in [-0.05, 0) is 39.5 Å². The summed E-state index contributed by atoms with van der Waals surface area (Å²) < 4.78 is 1.02. The lowest BCUT2D eigenvalue weighted by Gasteiger charge is -2.01. The number of hydrogen-bond acceptors (Lipinski definition) is 4. The first-order valence-electron chi connectivity index (χ1n) is 5.90. The number of nitrogens with one attached hydrogen (secondary N) is 1. The van der Waals surface area contributed by atoms with Crippen LogP contribution in [0.4, 0.5) is 0 Å². The Balaban J connectivity index is 1.93. The highest BCUT2D eigenvalue weighted by Gasteiger charge is 2.09. The molecule has 0 aliphatic rings. The van der Waals surface area contributed by atoms with Crippen LogP contribution in [0.2, 0.25) is 0 Å². The Hall–Kier alpha value is -1.13. The van der Waals surface area contributed by atoms with Gasteiger partial charge in [-0.3, -0.25) is 4.79 Å². The molecule has 0 saturated carbocycles. The zero-order valence-electron chi connectivity index (χ0n) is 10.5. The molecule has 2 aromatic rings. The van der Waals surface area contributed by atoms with Gasteiger partial charge in [0, 0.05) is 15.8 Å². The van der Waals surface area contributed by atoms with Crippen molar-refractivity contribution in [3.63, 3.8) is 0 Å². The van der Waals surface area contributed by atoms with Crippen molar-refractivity contribution < 1.29 is 9.90 Å². The third-order valence-electron chi connectivity index (χ3n) is 2.38. The van der Waals surface area contributed by atoms with Gasteiger partial charge in [0.2, 0.25) is 0 Å². The lowest BCUT2D eigenvalue weighted by molar-refractivity contribution is 0.0955. The quantitative estimate of drug-likeness (QED) is 0.812. The zero-order valence-corrected chi connectivity index (χ0v) is 13.7. The fourth-order valence-electron chi connectivity index (χ4n) is 1.43. The average molecular weight is 370 g/mol. The first-order valence-corrected chi connectivity index (χ1v) is 8.39. The van der Waals surface area contributed by atoms with Gasteiger partial charge in [0.05, 0.1) is 22.9 Å². The van der Waals surface area contributed by atoms with Gasteiger partial charge in [-0.25, -0.2) is 0 Å². The molecule has 0 aromatic carbocycles. The van der Waals surface area contributed by atoms with E-state index in [9.17, 15) is 4.79 Å². The minimum absolute atomic E-state index is 0.0570. The van der Waals surface area contributed by atoms with Crippen LogP contribution >= 0.6 is 38.6 Å². The molecule has 20 heavy (non-hydrogen) atoms. The normalized spacial score (nSPS) is 9.90. The second-order valence-corrected chi connectivity index (χ2v) is 6.75. The fraction of sp³-hybridized carbons (Fsp3) is 0.214. The Morgan fingerprint density at radius 2 is 2.25 bits per heavy atom. The molecule has 0 spiro atoms. The van der Waals surface area contributed by atoms with E-state index >= 15 is 0 Å². The molecule has 0 saturated heterocycles. The number of aliphatic hydroxyl groups is 1. The number of carbonyl (C=O) groups is 1. The molecule has 0 aliphatic carbocycles. The zero-order chi connectivity index (χ0) is 14.4. The summed E-state index contributed by atoms with van der Waals surface area (Å²) in [5, 5.41) is 13.5. The molecule has 0 radical (unpaired) electrons. The molecule has 0 atom stereocenters. The molecule has 2 heterocycles. The highest BCUT2D eigenvalue weighted by Crippen LogP contribution is 2.22. The molecular weight excluding hydrogens is 358 g/mol. The van der Waals surface area contributed by atoms with E-state index in [1.807, 2.05) is 17.5 Å². The number of aliphatic hydroxyl groups excluding tert-OH is 1. The standard InChI is InChI=1S/C14H12BrNO2S2/c15-11-6-8-19-13(11)9-16-14(18)12-5-4-10(20-12)3-1-2-7-17/h4-6,8,17H,2,7,9H2,(H,16,18). The molecule has 3 nitrogen and oxygen atoms in total. The third kappa shape index (κ3) is 4.18. The van der Waals surface area contributed by atoms with E-state index < -0.39 is 0 Å². The van der Waals surface area contributed by atoms with E-state index in [-0.39, 0.29) is 12.5 Å². The van der Waals surface area contributed by atoms with Crippen LogP contribution in [0.1, 0.15) is 25.8 Å². The van der Waals surface area contributed by atoms with Crippen molar-refractivity contribution in [1.29, 1.82) is 0 Å². The number of carbonyl (C=O) groups excluding carboxylic acids is 1. The van der Waals surface area contributed by atoms with Crippen molar-refractivity contribution in [2.75, 3.05) is 6.61 Å². The summed E-state index contributed by atoms with van der Waals surface area (Å²) >= 11 is 6.39. The van der Waals surface area contributed by atoms with Crippen LogP contribution in [0.3, 0.4) is 0 Å². The summed E-state index contributed by atoms with van der Waals surface area (Å²) in [5.41, 5.74) is 0. The fourth-order valence-corrected chi connectivity index (χ4v) is 3.66. The van der Waals surface area contributed by atoms with Gasteiger partial charge in [0.25, 0.3) is 5.91 Å². The first-order chi connectivity index (χ1) is 9.70. The second kappa shape index (κ2) is 7.60. The molecular formula is C14H12BrNO2S2. The second-order valence-electron chi connectivity index (χ2n) is 3.81. The van der Waals surface area contributed by atoms with Gasteiger partial charge in [-0.1, -0.05) is 11.8 Å². The predicted molar refractivity (Wildman–Crippen MR) is 86.1 cm³/mol.